The van der Waals surface area contributed by atoms with Crippen LogP contribution in [0, 0.1) is 35.1 Å². The van der Waals surface area contributed by atoms with Gasteiger partial charge in [0.15, 0.2) is 11.6 Å². The molecule has 0 saturated carbocycles. The van der Waals surface area contributed by atoms with E-state index in [1.54, 1.807) is 4.90 Å². The molecule has 0 atom stereocenters. The van der Waals surface area contributed by atoms with E-state index < -0.39 is 41.4 Å². The predicted octanol–water partition coefficient (Wildman–Crippen LogP) is 4.58. The molecule has 0 saturated heterocycles. The van der Waals surface area contributed by atoms with E-state index in [1.807, 2.05) is 48.5 Å². The van der Waals surface area contributed by atoms with Crippen molar-refractivity contribution in [2.75, 3.05) is 170 Å². The molecular formula is C52H68F4N2O16. The second-order valence-corrected chi connectivity index (χ2v) is 15.6. The molecule has 22 heteroatoms. The molecule has 0 aliphatic carbocycles. The van der Waals surface area contributed by atoms with Gasteiger partial charge in [-0.25, -0.2) is 8.78 Å². The van der Waals surface area contributed by atoms with Gasteiger partial charge in [-0.05, 0) is 23.8 Å². The van der Waals surface area contributed by atoms with E-state index in [2.05, 4.69) is 21.9 Å². The highest BCUT2D eigenvalue weighted by atomic mass is 19.2. The zero-order valence-electron chi connectivity index (χ0n) is 41.7. The fourth-order valence-corrected chi connectivity index (χ4v) is 6.40. The number of benzene rings is 3. The van der Waals surface area contributed by atoms with Gasteiger partial charge in [0.05, 0.1) is 177 Å². The molecule has 0 fully saturated rings. The lowest BCUT2D eigenvalue weighted by Gasteiger charge is -2.26. The highest BCUT2D eigenvalue weighted by molar-refractivity contribution is 5.96. The molecule has 0 unspecified atom stereocenters. The van der Waals surface area contributed by atoms with E-state index in [9.17, 15) is 31.9 Å². The Morgan fingerprint density at radius 2 is 0.838 bits per heavy atom. The quantitative estimate of drug-likeness (QED) is 0.0207. The molecule has 3 aromatic rings. The van der Waals surface area contributed by atoms with Crippen molar-refractivity contribution in [2.24, 2.45) is 0 Å². The van der Waals surface area contributed by atoms with Gasteiger partial charge < -0.3 is 71.8 Å². The summed E-state index contributed by atoms with van der Waals surface area (Å²) in [5.41, 5.74) is 3.36. The van der Waals surface area contributed by atoms with Crippen molar-refractivity contribution >= 4 is 23.5 Å². The molecule has 410 valence electrons. The van der Waals surface area contributed by atoms with Gasteiger partial charge in [-0.2, -0.15) is 8.78 Å². The second-order valence-electron chi connectivity index (χ2n) is 15.6. The number of hydrogen-bond donors (Lipinski definition) is 1. The highest BCUT2D eigenvalue weighted by Crippen LogP contribution is 2.28. The smallest absolute Gasteiger partial charge is 0.313 e. The number of carbonyl (C=O) groups excluding carboxylic acids is 3. The van der Waals surface area contributed by atoms with Gasteiger partial charge in [-0.1, -0.05) is 42.2 Å². The van der Waals surface area contributed by atoms with Crippen LogP contribution in [0.1, 0.15) is 36.0 Å². The minimum Gasteiger partial charge on any atom is -0.420 e. The number of halogens is 4. The lowest BCUT2D eigenvalue weighted by Crippen LogP contribution is -2.34. The van der Waals surface area contributed by atoms with Crippen molar-refractivity contribution < 1.29 is 93.5 Å². The standard InChI is InChI=1S/C52H68F4N2O16/c53-44-39-45(54)51(56)52(50(44)55)74-49(61)13-15-62-17-19-64-21-23-66-25-27-68-29-31-70-33-35-72-37-38-73-36-34-71-32-30-69-28-26-67-24-22-65-20-18-63-16-14-57-47(59)11-12-48(60)58-40-43-7-2-1-5-41(43)9-10-42-6-3-4-8-46(42)58/h1-8,39H,11-38,40H2,(H,57,59). The van der Waals surface area contributed by atoms with Crippen LogP contribution in [-0.4, -0.2) is 183 Å². The molecule has 2 amide bonds. The monoisotopic (exact) mass is 1050 g/mol. The number of para-hydroxylation sites is 1. The Bertz CT molecular complexity index is 2100. The molecule has 0 bridgehead atoms. The first kappa shape index (κ1) is 61.4. The molecule has 4 rings (SSSR count). The Morgan fingerprint density at radius 3 is 1.30 bits per heavy atom. The number of fused-ring (bicyclic) bond motifs is 2. The maximum Gasteiger partial charge on any atom is 0.313 e. The van der Waals surface area contributed by atoms with E-state index in [1.165, 1.54) is 0 Å². The van der Waals surface area contributed by atoms with Gasteiger partial charge >= 0.3 is 5.97 Å². The number of ether oxygens (including phenoxy) is 13. The number of rotatable bonds is 43. The van der Waals surface area contributed by atoms with Gasteiger partial charge in [0.25, 0.3) is 0 Å². The summed E-state index contributed by atoms with van der Waals surface area (Å²) in [6.45, 7) is 9.27. The molecular weight excluding hydrogens is 985 g/mol. The summed E-state index contributed by atoms with van der Waals surface area (Å²) in [7, 11) is 0. The molecule has 0 aromatic heterocycles. The van der Waals surface area contributed by atoms with Crippen LogP contribution in [0.4, 0.5) is 23.2 Å². The number of anilines is 1. The molecule has 74 heavy (non-hydrogen) atoms. The van der Waals surface area contributed by atoms with Crippen LogP contribution in [0.15, 0.2) is 54.6 Å². The van der Waals surface area contributed by atoms with Crippen molar-refractivity contribution in [1.82, 2.24) is 5.32 Å². The summed E-state index contributed by atoms with van der Waals surface area (Å²) < 4.78 is 123. The fourth-order valence-electron chi connectivity index (χ4n) is 6.40. The zero-order valence-corrected chi connectivity index (χ0v) is 41.7. The number of esters is 1. The normalized spacial score (nSPS) is 11.9. The lowest BCUT2D eigenvalue weighted by molar-refractivity contribution is -0.136. The molecule has 1 N–H and O–H groups in total. The van der Waals surface area contributed by atoms with Gasteiger partial charge in [0, 0.05) is 36.6 Å². The van der Waals surface area contributed by atoms with Gasteiger partial charge in [0.2, 0.25) is 29.2 Å². The van der Waals surface area contributed by atoms with Crippen LogP contribution in [0.3, 0.4) is 0 Å². The third-order valence-corrected chi connectivity index (χ3v) is 10.1. The largest absolute Gasteiger partial charge is 0.420 e. The average Bonchev–Trinajstić information content (AvgIpc) is 3.39. The maximum atomic E-state index is 13.6. The zero-order chi connectivity index (χ0) is 52.7. The Morgan fingerprint density at radius 1 is 0.459 bits per heavy atom. The first-order valence-electron chi connectivity index (χ1n) is 24.5. The van der Waals surface area contributed by atoms with E-state index in [0.29, 0.717) is 145 Å². The number of amides is 2. The van der Waals surface area contributed by atoms with Crippen molar-refractivity contribution in [1.29, 1.82) is 0 Å². The third kappa shape index (κ3) is 26.4. The van der Waals surface area contributed by atoms with Crippen LogP contribution >= 0.6 is 0 Å². The van der Waals surface area contributed by atoms with Gasteiger partial charge in [-0.3, -0.25) is 14.4 Å². The van der Waals surface area contributed by atoms with Gasteiger partial charge in [-0.15, -0.1) is 0 Å². The Labute approximate surface area is 429 Å². The first-order chi connectivity index (χ1) is 36.2. The SMILES string of the molecule is O=C(CCC(=O)N1Cc2ccccc2C#Cc2ccccc21)NCCOCCOCCOCCOCCOCCOCCOCCOCCOCCOCCOCCOCCC(=O)Oc1c(F)c(F)cc(F)c1F. The average molecular weight is 1050 g/mol. The third-order valence-electron chi connectivity index (χ3n) is 10.1. The predicted molar refractivity (Wildman–Crippen MR) is 259 cm³/mol. The van der Waals surface area contributed by atoms with Crippen LogP contribution < -0.4 is 15.0 Å². The number of hydrogen-bond acceptors (Lipinski definition) is 16. The van der Waals surface area contributed by atoms with E-state index in [0.717, 1.165) is 22.4 Å². The highest BCUT2D eigenvalue weighted by Gasteiger charge is 2.24. The maximum absolute atomic E-state index is 13.6. The molecule has 3 aromatic carbocycles. The summed E-state index contributed by atoms with van der Waals surface area (Å²) in [6, 6.07) is 15.3. The van der Waals surface area contributed by atoms with E-state index in [-0.39, 0.29) is 57.1 Å². The molecule has 0 radical (unpaired) electrons. The van der Waals surface area contributed by atoms with Crippen LogP contribution in [0.2, 0.25) is 0 Å². The molecule has 0 spiro atoms. The first-order valence-corrected chi connectivity index (χ1v) is 24.5. The summed E-state index contributed by atoms with van der Waals surface area (Å²) in [6.07, 6.45) is -0.261. The van der Waals surface area contributed by atoms with Crippen LogP contribution in [0.25, 0.3) is 0 Å². The van der Waals surface area contributed by atoms with Crippen LogP contribution in [0.5, 0.6) is 5.75 Å². The lowest BCUT2D eigenvalue weighted by atomic mass is 10.0. The van der Waals surface area contributed by atoms with E-state index in [4.69, 9.17) is 56.8 Å². The van der Waals surface area contributed by atoms with Crippen molar-refractivity contribution in [3.8, 4) is 17.6 Å². The van der Waals surface area contributed by atoms with Crippen LogP contribution in [-0.2, 0) is 77.8 Å². The number of nitrogens with zero attached hydrogens (tertiary/aromatic N) is 1. The Kier molecular flexibility index (Phi) is 32.6. The minimum atomic E-state index is -1.80. The summed E-state index contributed by atoms with van der Waals surface area (Å²) in [5.74, 6) is -3.49. The van der Waals surface area contributed by atoms with Crippen molar-refractivity contribution in [2.45, 2.75) is 25.8 Å². The van der Waals surface area contributed by atoms with E-state index >= 15 is 0 Å². The summed E-state index contributed by atoms with van der Waals surface area (Å²) in [5, 5.41) is 2.81. The van der Waals surface area contributed by atoms with Crippen molar-refractivity contribution in [3.05, 3.63) is 94.6 Å². The molecule has 1 heterocycles. The minimum absolute atomic E-state index is 0.0151. The molecule has 1 aliphatic heterocycles. The Hall–Kier alpha value is -5.13. The molecule has 18 nitrogen and oxygen atoms in total. The number of nitrogens with one attached hydrogen (secondary N) is 1. The topological polar surface area (TPSA) is 186 Å². The second kappa shape index (κ2) is 39.3. The molecule has 1 aliphatic rings. The van der Waals surface area contributed by atoms with Crippen molar-refractivity contribution in [3.63, 3.8) is 0 Å². The number of carbonyl (C=O) groups is 3. The fraction of sp³-hybridized carbons (Fsp3) is 0.558. The summed E-state index contributed by atoms with van der Waals surface area (Å²) in [4.78, 5) is 39.2. The van der Waals surface area contributed by atoms with Gasteiger partial charge in [0.1, 0.15) is 0 Å². The Balaban J connectivity index is 0.783. The summed E-state index contributed by atoms with van der Waals surface area (Å²) >= 11 is 0.